The van der Waals surface area contributed by atoms with Crippen LogP contribution in [0.25, 0.3) is 11.1 Å². The van der Waals surface area contributed by atoms with E-state index in [4.69, 9.17) is 5.41 Å². The molecule has 0 fully saturated rings. The lowest BCUT2D eigenvalue weighted by Crippen LogP contribution is -2.25. The molecule has 0 radical (unpaired) electrons. The third-order valence-corrected chi connectivity index (χ3v) is 3.45. The van der Waals surface area contributed by atoms with E-state index in [1.54, 1.807) is 12.3 Å². The van der Waals surface area contributed by atoms with Gasteiger partial charge in [-0.25, -0.2) is 4.98 Å². The Labute approximate surface area is 144 Å². The summed E-state index contributed by atoms with van der Waals surface area (Å²) in [4.78, 5) is 16.1. The molecule has 0 aliphatic heterocycles. The van der Waals surface area contributed by atoms with Crippen molar-refractivity contribution in [1.29, 1.82) is 5.41 Å². The first-order valence-electron chi connectivity index (χ1n) is 6.99. The lowest BCUT2D eigenvalue weighted by atomic mass is 10.0. The highest BCUT2D eigenvalue weighted by Crippen LogP contribution is 2.19. The van der Waals surface area contributed by atoms with Gasteiger partial charge in [-0.05, 0) is 17.2 Å². The number of ketones is 1. The number of hydrogen-bond acceptors (Lipinski definition) is 3. The number of rotatable bonds is 4. The van der Waals surface area contributed by atoms with Crippen molar-refractivity contribution in [3.63, 3.8) is 0 Å². The minimum atomic E-state index is -0.0360. The van der Waals surface area contributed by atoms with Crippen LogP contribution in [0.2, 0.25) is 0 Å². The molecule has 0 unspecified atom stereocenters. The Balaban J connectivity index is 0.00000192. The molecular formula is C18H16BrN3O. The second-order valence-electron chi connectivity index (χ2n) is 4.94. The van der Waals surface area contributed by atoms with Gasteiger partial charge in [-0.3, -0.25) is 10.2 Å². The summed E-state index contributed by atoms with van der Waals surface area (Å²) in [5, 5.41) is 7.67. The molecular weight excluding hydrogens is 354 g/mol. The van der Waals surface area contributed by atoms with Gasteiger partial charge in [0.25, 0.3) is 0 Å². The first kappa shape index (κ1) is 16.8. The molecule has 0 amide bonds. The quantitative estimate of drug-likeness (QED) is 0.715. The molecule has 0 bridgehead atoms. The van der Waals surface area contributed by atoms with Crippen LogP contribution < -0.4 is 5.62 Å². The van der Waals surface area contributed by atoms with Gasteiger partial charge in [0, 0.05) is 18.0 Å². The molecule has 116 valence electrons. The number of nitrogens with one attached hydrogen (secondary N) is 1. The maximum absolute atomic E-state index is 12.3. The second kappa shape index (κ2) is 7.65. The summed E-state index contributed by atoms with van der Waals surface area (Å²) in [7, 11) is 0. The summed E-state index contributed by atoms with van der Waals surface area (Å²) in [6, 6.07) is 19.3. The van der Waals surface area contributed by atoms with Crippen LogP contribution in [0.4, 0.5) is 0 Å². The van der Waals surface area contributed by atoms with Crippen molar-refractivity contribution < 1.29 is 4.79 Å². The van der Waals surface area contributed by atoms with Gasteiger partial charge in [0.15, 0.2) is 5.78 Å². The normalized spacial score (nSPS) is 9.91. The van der Waals surface area contributed by atoms with Gasteiger partial charge >= 0.3 is 0 Å². The number of carbonyl (C=O) groups is 1. The van der Waals surface area contributed by atoms with Crippen molar-refractivity contribution in [2.24, 2.45) is 0 Å². The molecule has 0 aliphatic rings. The molecule has 0 saturated carbocycles. The molecule has 23 heavy (non-hydrogen) atoms. The molecule has 0 aliphatic carbocycles. The molecule has 1 aromatic heterocycles. The molecule has 0 saturated heterocycles. The fraction of sp³-hybridized carbons (Fsp3) is 0.0556. The van der Waals surface area contributed by atoms with Crippen molar-refractivity contribution in [3.05, 3.63) is 84.2 Å². The van der Waals surface area contributed by atoms with Crippen LogP contribution in [0, 0.1) is 5.41 Å². The number of nitrogens with zero attached hydrogens (tertiary/aromatic N) is 2. The number of Topliss-reactive ketones (excluding diaryl/α,β-unsaturated/α-hetero) is 1. The number of aromatic nitrogens is 2. The first-order valence-corrected chi connectivity index (χ1v) is 6.99. The fourth-order valence-corrected chi connectivity index (χ4v) is 2.25. The van der Waals surface area contributed by atoms with Crippen LogP contribution in [0.1, 0.15) is 10.4 Å². The Morgan fingerprint density at radius 2 is 1.61 bits per heavy atom. The summed E-state index contributed by atoms with van der Waals surface area (Å²) < 4.78 is 1.52. The van der Waals surface area contributed by atoms with Gasteiger partial charge in [0.1, 0.15) is 0 Å². The Morgan fingerprint density at radius 1 is 0.957 bits per heavy atom. The Hall–Kier alpha value is -2.53. The molecule has 1 heterocycles. The standard InChI is InChI=1S/C18H15N3O.BrH/c19-18-20-11-4-12-21(18)13-17(22)16-9-7-15(8-10-16)14-5-2-1-3-6-14;/h1-12,19H,13H2;1H. The molecule has 3 rings (SSSR count). The average molecular weight is 370 g/mol. The van der Waals surface area contributed by atoms with E-state index in [2.05, 4.69) is 4.98 Å². The van der Waals surface area contributed by atoms with E-state index in [0.717, 1.165) is 11.1 Å². The van der Waals surface area contributed by atoms with E-state index >= 15 is 0 Å². The highest BCUT2D eigenvalue weighted by Gasteiger charge is 2.07. The zero-order chi connectivity index (χ0) is 15.4. The summed E-state index contributed by atoms with van der Waals surface area (Å²) in [5.41, 5.74) is 2.91. The van der Waals surface area contributed by atoms with Crippen LogP contribution in [-0.2, 0) is 6.54 Å². The van der Waals surface area contributed by atoms with Gasteiger partial charge in [-0.2, -0.15) is 0 Å². The van der Waals surface area contributed by atoms with E-state index in [0.29, 0.717) is 5.56 Å². The lowest BCUT2D eigenvalue weighted by molar-refractivity contribution is 0.0969. The molecule has 1 N–H and O–H groups in total. The number of benzene rings is 2. The Kier molecular flexibility index (Phi) is 5.60. The van der Waals surface area contributed by atoms with Crippen molar-refractivity contribution in [2.45, 2.75) is 6.54 Å². The maximum Gasteiger partial charge on any atom is 0.222 e. The second-order valence-corrected chi connectivity index (χ2v) is 4.94. The topological polar surface area (TPSA) is 58.7 Å². The molecule has 0 atom stereocenters. The molecule has 0 spiro atoms. The van der Waals surface area contributed by atoms with Crippen LogP contribution in [0.5, 0.6) is 0 Å². The summed E-state index contributed by atoms with van der Waals surface area (Å²) in [5.74, 6) is -0.0360. The lowest BCUT2D eigenvalue weighted by Gasteiger charge is -2.06. The van der Waals surface area contributed by atoms with Crippen molar-refractivity contribution >= 4 is 22.8 Å². The van der Waals surface area contributed by atoms with E-state index in [-0.39, 0.29) is 34.9 Å². The Morgan fingerprint density at radius 3 is 2.26 bits per heavy atom. The minimum absolute atomic E-state index is 0. The zero-order valence-electron chi connectivity index (χ0n) is 12.3. The highest BCUT2D eigenvalue weighted by atomic mass is 79.9. The van der Waals surface area contributed by atoms with E-state index < -0.39 is 0 Å². The van der Waals surface area contributed by atoms with E-state index in [1.807, 2.05) is 54.6 Å². The number of carbonyl (C=O) groups excluding carboxylic acids is 1. The third kappa shape index (κ3) is 4.02. The fourth-order valence-electron chi connectivity index (χ4n) is 2.25. The summed E-state index contributed by atoms with van der Waals surface area (Å²) in [6.07, 6.45) is 3.23. The van der Waals surface area contributed by atoms with Gasteiger partial charge in [-0.1, -0.05) is 54.6 Å². The number of halogens is 1. The van der Waals surface area contributed by atoms with Crippen molar-refractivity contribution in [2.75, 3.05) is 0 Å². The SMILES string of the molecule is Br.N=c1ncccn1CC(=O)c1ccc(-c2ccccc2)cc1. The Bertz CT molecular complexity index is 842. The van der Waals surface area contributed by atoms with Crippen LogP contribution in [0.3, 0.4) is 0 Å². The van der Waals surface area contributed by atoms with Crippen LogP contribution in [-0.4, -0.2) is 15.3 Å². The molecule has 2 aromatic carbocycles. The minimum Gasteiger partial charge on any atom is -0.310 e. The maximum atomic E-state index is 12.3. The highest BCUT2D eigenvalue weighted by molar-refractivity contribution is 8.93. The monoisotopic (exact) mass is 369 g/mol. The van der Waals surface area contributed by atoms with Gasteiger partial charge in [0.2, 0.25) is 5.62 Å². The largest absolute Gasteiger partial charge is 0.310 e. The molecule has 5 heteroatoms. The van der Waals surface area contributed by atoms with Crippen LogP contribution in [0.15, 0.2) is 73.1 Å². The summed E-state index contributed by atoms with van der Waals surface area (Å²) >= 11 is 0. The van der Waals surface area contributed by atoms with Gasteiger partial charge in [0.05, 0.1) is 6.54 Å². The predicted octanol–water partition coefficient (Wildman–Crippen LogP) is 3.49. The van der Waals surface area contributed by atoms with Crippen molar-refractivity contribution in [3.8, 4) is 11.1 Å². The predicted molar refractivity (Wildman–Crippen MR) is 94.6 cm³/mol. The zero-order valence-corrected chi connectivity index (χ0v) is 14.1. The average Bonchev–Trinajstić information content (AvgIpc) is 2.58. The molecule has 4 nitrogen and oxygen atoms in total. The summed E-state index contributed by atoms with van der Waals surface area (Å²) in [6.45, 7) is 0.122. The van der Waals surface area contributed by atoms with Gasteiger partial charge < -0.3 is 4.57 Å². The van der Waals surface area contributed by atoms with Crippen molar-refractivity contribution in [1.82, 2.24) is 9.55 Å². The smallest absolute Gasteiger partial charge is 0.222 e. The first-order chi connectivity index (χ1) is 10.7. The number of hydrogen-bond donors (Lipinski definition) is 1. The van der Waals surface area contributed by atoms with E-state index in [1.165, 1.54) is 10.8 Å². The van der Waals surface area contributed by atoms with Gasteiger partial charge in [-0.15, -0.1) is 17.0 Å². The van der Waals surface area contributed by atoms with Crippen LogP contribution >= 0.6 is 17.0 Å². The van der Waals surface area contributed by atoms with E-state index in [9.17, 15) is 4.79 Å². The third-order valence-electron chi connectivity index (χ3n) is 3.45. The molecule has 3 aromatic rings.